The van der Waals surface area contributed by atoms with E-state index in [1.165, 1.54) is 11.0 Å². The van der Waals surface area contributed by atoms with Crippen molar-refractivity contribution in [2.45, 2.75) is 26.7 Å². The summed E-state index contributed by atoms with van der Waals surface area (Å²) >= 11 is 4.96. The molecule has 126 valence electrons. The SMILES string of the molecule is Cc1nn(C)c2[nH]c(=O)c(CCC(=O)Nn3cn[nH]c3=S)c(C)c12. The van der Waals surface area contributed by atoms with Crippen molar-refractivity contribution in [1.82, 2.24) is 29.6 Å². The number of hydrogen-bond donors (Lipinski definition) is 3. The highest BCUT2D eigenvalue weighted by atomic mass is 32.1. The minimum absolute atomic E-state index is 0.154. The van der Waals surface area contributed by atoms with Crippen LogP contribution in [0.1, 0.15) is 23.2 Å². The molecule has 0 bridgehead atoms. The number of H-pyrrole nitrogens is 2. The number of carbonyl (C=O) groups is 1. The molecule has 0 saturated heterocycles. The van der Waals surface area contributed by atoms with Crippen LogP contribution >= 0.6 is 12.2 Å². The summed E-state index contributed by atoms with van der Waals surface area (Å²) in [6.07, 6.45) is 1.85. The zero-order valence-corrected chi connectivity index (χ0v) is 14.3. The monoisotopic (exact) mass is 347 g/mol. The minimum atomic E-state index is -0.255. The second-order valence-electron chi connectivity index (χ2n) is 5.56. The Bertz CT molecular complexity index is 1040. The van der Waals surface area contributed by atoms with Gasteiger partial charge in [-0.15, -0.1) is 0 Å². The maximum atomic E-state index is 12.3. The van der Waals surface area contributed by atoms with Crippen molar-refractivity contribution >= 4 is 29.2 Å². The molecular formula is C14H17N7O2S. The van der Waals surface area contributed by atoms with Gasteiger partial charge in [-0.1, -0.05) is 0 Å². The van der Waals surface area contributed by atoms with Gasteiger partial charge in [0, 0.05) is 24.4 Å². The topological polar surface area (TPSA) is 113 Å². The molecule has 1 amide bonds. The summed E-state index contributed by atoms with van der Waals surface area (Å²) in [6, 6.07) is 0. The van der Waals surface area contributed by atoms with E-state index >= 15 is 0 Å². The summed E-state index contributed by atoms with van der Waals surface area (Å²) in [5.41, 5.74) is 5.38. The third-order valence-electron chi connectivity index (χ3n) is 3.96. The Morgan fingerprint density at radius 3 is 2.83 bits per heavy atom. The number of hydrogen-bond acceptors (Lipinski definition) is 5. The number of fused-ring (bicyclic) bond motifs is 1. The van der Waals surface area contributed by atoms with Gasteiger partial charge in [0.15, 0.2) is 0 Å². The van der Waals surface area contributed by atoms with E-state index in [0.29, 0.717) is 22.4 Å². The standard InChI is InChI=1S/C14H17N7O2S/c1-7-9(4-5-10(22)19-21-6-15-17-14(21)24)13(23)16-12-11(7)8(2)18-20(12)3/h6H,4-5H2,1-3H3,(H,16,23)(H,17,24)(H,19,22). The maximum absolute atomic E-state index is 12.3. The highest BCUT2D eigenvalue weighted by Crippen LogP contribution is 2.21. The smallest absolute Gasteiger partial charge is 0.253 e. The summed E-state index contributed by atoms with van der Waals surface area (Å²) in [5.74, 6) is -0.255. The summed E-state index contributed by atoms with van der Waals surface area (Å²) in [7, 11) is 1.78. The Labute approximate surface area is 141 Å². The Morgan fingerprint density at radius 2 is 2.17 bits per heavy atom. The van der Waals surface area contributed by atoms with E-state index in [1.807, 2.05) is 13.8 Å². The van der Waals surface area contributed by atoms with Crippen LogP contribution in [0, 0.1) is 18.6 Å². The second-order valence-corrected chi connectivity index (χ2v) is 5.94. The summed E-state index contributed by atoms with van der Waals surface area (Å²) in [6.45, 7) is 3.77. The molecule has 0 atom stereocenters. The number of carbonyl (C=O) groups excluding carboxylic acids is 1. The van der Waals surface area contributed by atoms with Gasteiger partial charge in [0.2, 0.25) is 10.7 Å². The highest BCUT2D eigenvalue weighted by molar-refractivity contribution is 7.71. The van der Waals surface area contributed by atoms with Crippen LogP contribution in [0.2, 0.25) is 0 Å². The Kier molecular flexibility index (Phi) is 4.06. The molecule has 0 radical (unpaired) electrons. The van der Waals surface area contributed by atoms with E-state index in [-0.39, 0.29) is 17.9 Å². The molecule has 0 aromatic carbocycles. The predicted octanol–water partition coefficient (Wildman–Crippen LogP) is 0.835. The number of aryl methyl sites for hydroxylation is 3. The van der Waals surface area contributed by atoms with E-state index in [1.54, 1.807) is 11.7 Å². The fraction of sp³-hybridized carbons (Fsp3) is 0.357. The van der Waals surface area contributed by atoms with Crippen molar-refractivity contribution in [2.24, 2.45) is 7.05 Å². The van der Waals surface area contributed by atoms with Crippen molar-refractivity contribution in [3.05, 3.63) is 38.3 Å². The lowest BCUT2D eigenvalue weighted by molar-refractivity contribution is -0.117. The lowest BCUT2D eigenvalue weighted by Crippen LogP contribution is -2.24. The lowest BCUT2D eigenvalue weighted by Gasteiger charge is -2.08. The van der Waals surface area contributed by atoms with Crippen LogP contribution < -0.4 is 11.0 Å². The average Bonchev–Trinajstić information content (AvgIpc) is 3.03. The zero-order chi connectivity index (χ0) is 17.4. The van der Waals surface area contributed by atoms with Gasteiger partial charge in [-0.2, -0.15) is 10.2 Å². The number of nitrogens with one attached hydrogen (secondary N) is 3. The zero-order valence-electron chi connectivity index (χ0n) is 13.5. The van der Waals surface area contributed by atoms with Crippen LogP contribution in [0.15, 0.2) is 11.1 Å². The van der Waals surface area contributed by atoms with E-state index < -0.39 is 0 Å². The second kappa shape index (κ2) is 6.04. The summed E-state index contributed by atoms with van der Waals surface area (Å²) in [4.78, 5) is 27.2. The van der Waals surface area contributed by atoms with E-state index in [4.69, 9.17) is 12.2 Å². The average molecular weight is 347 g/mol. The van der Waals surface area contributed by atoms with Crippen molar-refractivity contribution < 1.29 is 4.79 Å². The van der Waals surface area contributed by atoms with Gasteiger partial charge >= 0.3 is 0 Å². The molecule has 0 unspecified atom stereocenters. The first-order chi connectivity index (χ1) is 11.4. The number of nitrogens with zero attached hydrogens (tertiary/aromatic N) is 4. The fourth-order valence-electron chi connectivity index (χ4n) is 2.81. The molecule has 0 fully saturated rings. The van der Waals surface area contributed by atoms with Crippen molar-refractivity contribution in [2.75, 3.05) is 5.43 Å². The van der Waals surface area contributed by atoms with Gasteiger partial charge < -0.3 is 4.98 Å². The third kappa shape index (κ3) is 2.75. The van der Waals surface area contributed by atoms with Crippen LogP contribution in [0.3, 0.4) is 0 Å². The fourth-order valence-corrected chi connectivity index (χ4v) is 2.96. The molecule has 3 aromatic rings. The van der Waals surface area contributed by atoms with Crippen molar-refractivity contribution in [3.63, 3.8) is 0 Å². The Balaban J connectivity index is 1.84. The van der Waals surface area contributed by atoms with Crippen molar-refractivity contribution in [1.29, 1.82) is 0 Å². The molecule has 24 heavy (non-hydrogen) atoms. The predicted molar refractivity (Wildman–Crippen MR) is 90.9 cm³/mol. The Hall–Kier alpha value is -2.75. The third-order valence-corrected chi connectivity index (χ3v) is 4.24. The lowest BCUT2D eigenvalue weighted by atomic mass is 10.0. The van der Waals surface area contributed by atoms with Gasteiger partial charge in [0.05, 0.1) is 5.69 Å². The van der Waals surface area contributed by atoms with Crippen LogP contribution in [0.5, 0.6) is 0 Å². The Morgan fingerprint density at radius 1 is 1.42 bits per heavy atom. The minimum Gasteiger partial charge on any atom is -0.307 e. The quantitative estimate of drug-likeness (QED) is 0.605. The van der Waals surface area contributed by atoms with Crippen LogP contribution in [-0.4, -0.2) is 35.5 Å². The van der Waals surface area contributed by atoms with E-state index in [0.717, 1.165) is 16.6 Å². The molecule has 0 aliphatic rings. The van der Waals surface area contributed by atoms with Crippen LogP contribution in [-0.2, 0) is 18.3 Å². The molecule has 3 aromatic heterocycles. The number of aromatic amines is 2. The maximum Gasteiger partial charge on any atom is 0.253 e. The van der Waals surface area contributed by atoms with Gasteiger partial charge in [0.25, 0.3) is 5.56 Å². The molecule has 9 nitrogen and oxygen atoms in total. The van der Waals surface area contributed by atoms with Crippen LogP contribution in [0.25, 0.3) is 11.0 Å². The van der Waals surface area contributed by atoms with Crippen LogP contribution in [0.4, 0.5) is 0 Å². The first-order valence-corrected chi connectivity index (χ1v) is 7.76. The molecular weight excluding hydrogens is 330 g/mol. The van der Waals surface area contributed by atoms with Gasteiger partial charge in [-0.25, -0.2) is 4.68 Å². The summed E-state index contributed by atoms with van der Waals surface area (Å²) in [5, 5.41) is 11.5. The first kappa shape index (κ1) is 16.1. The molecule has 3 N–H and O–H groups in total. The molecule has 3 rings (SSSR count). The number of rotatable bonds is 4. The largest absolute Gasteiger partial charge is 0.307 e. The number of pyridine rings is 1. The molecule has 0 aliphatic carbocycles. The normalized spacial score (nSPS) is 11.1. The molecule has 0 spiro atoms. The first-order valence-electron chi connectivity index (χ1n) is 7.35. The number of amides is 1. The van der Waals surface area contributed by atoms with Crippen molar-refractivity contribution in [3.8, 4) is 0 Å². The molecule has 3 heterocycles. The molecule has 10 heteroatoms. The van der Waals surface area contributed by atoms with Gasteiger partial charge in [-0.3, -0.25) is 24.8 Å². The van der Waals surface area contributed by atoms with Gasteiger partial charge in [-0.05, 0) is 38.0 Å². The van der Waals surface area contributed by atoms with E-state index in [9.17, 15) is 9.59 Å². The van der Waals surface area contributed by atoms with Gasteiger partial charge in [0.1, 0.15) is 12.0 Å². The molecule has 0 saturated carbocycles. The number of aromatic nitrogens is 6. The highest BCUT2D eigenvalue weighted by Gasteiger charge is 2.16. The van der Waals surface area contributed by atoms with E-state index in [2.05, 4.69) is 25.7 Å². The molecule has 0 aliphatic heterocycles. The summed E-state index contributed by atoms with van der Waals surface area (Å²) < 4.78 is 3.27.